The zero-order valence-corrected chi connectivity index (χ0v) is 12.5. The Morgan fingerprint density at radius 2 is 2.33 bits per heavy atom. The Balaban J connectivity index is 1.83. The monoisotopic (exact) mass is 299 g/mol. The first-order valence-electron chi connectivity index (χ1n) is 5.92. The van der Waals surface area contributed by atoms with E-state index in [9.17, 15) is 0 Å². The number of aromatic nitrogens is 2. The minimum absolute atomic E-state index is 0.319. The molecule has 18 heavy (non-hydrogen) atoms. The molecule has 6 heteroatoms. The number of thiophene rings is 1. The minimum Gasteiger partial charge on any atom is -0.368 e. The first-order chi connectivity index (χ1) is 8.72. The SMILES string of the molecule is CSC1(CNc2nc(Cl)nc3sccc23)CCC1. The number of hydrogen-bond acceptors (Lipinski definition) is 5. The van der Waals surface area contributed by atoms with Gasteiger partial charge in [-0.3, -0.25) is 0 Å². The fourth-order valence-electron chi connectivity index (χ4n) is 2.23. The lowest BCUT2D eigenvalue weighted by Crippen LogP contribution is -2.40. The van der Waals surface area contributed by atoms with Gasteiger partial charge >= 0.3 is 0 Å². The minimum atomic E-state index is 0.319. The highest BCUT2D eigenvalue weighted by Gasteiger charge is 2.36. The fraction of sp³-hybridized carbons (Fsp3) is 0.500. The first kappa shape index (κ1) is 12.5. The molecule has 3 rings (SSSR count). The third-order valence-corrected chi connectivity index (χ3v) is 5.97. The van der Waals surface area contributed by atoms with Crippen molar-refractivity contribution in [2.45, 2.75) is 24.0 Å². The summed E-state index contributed by atoms with van der Waals surface area (Å²) in [4.78, 5) is 9.48. The summed E-state index contributed by atoms with van der Waals surface area (Å²) in [7, 11) is 0. The number of thioether (sulfide) groups is 1. The van der Waals surface area contributed by atoms with Crippen LogP contribution < -0.4 is 5.32 Å². The Kier molecular flexibility index (Phi) is 3.38. The summed E-state index contributed by atoms with van der Waals surface area (Å²) < 4.78 is 0.389. The molecule has 1 saturated carbocycles. The van der Waals surface area contributed by atoms with E-state index in [1.54, 1.807) is 11.3 Å². The van der Waals surface area contributed by atoms with Crippen LogP contribution in [0.1, 0.15) is 19.3 Å². The molecule has 0 aliphatic heterocycles. The Bertz CT molecular complexity index is 560. The lowest BCUT2D eigenvalue weighted by molar-refractivity contribution is 0.379. The number of anilines is 1. The van der Waals surface area contributed by atoms with Gasteiger partial charge in [0.05, 0.1) is 5.39 Å². The number of fused-ring (bicyclic) bond motifs is 1. The average Bonchev–Trinajstić information content (AvgIpc) is 2.75. The van der Waals surface area contributed by atoms with Gasteiger partial charge < -0.3 is 5.32 Å². The van der Waals surface area contributed by atoms with E-state index in [-0.39, 0.29) is 0 Å². The van der Waals surface area contributed by atoms with Crippen LogP contribution in [0.3, 0.4) is 0 Å². The molecule has 1 aliphatic carbocycles. The molecule has 0 bridgehead atoms. The number of nitrogens with zero attached hydrogens (tertiary/aromatic N) is 2. The quantitative estimate of drug-likeness (QED) is 0.865. The van der Waals surface area contributed by atoms with Crippen molar-refractivity contribution in [2.24, 2.45) is 0 Å². The van der Waals surface area contributed by atoms with Crippen molar-refractivity contribution in [2.75, 3.05) is 18.1 Å². The number of hydrogen-bond donors (Lipinski definition) is 1. The normalized spacial score (nSPS) is 17.7. The van der Waals surface area contributed by atoms with Crippen molar-refractivity contribution >= 4 is 50.7 Å². The van der Waals surface area contributed by atoms with Crippen LogP contribution in [0.15, 0.2) is 11.4 Å². The summed E-state index contributed by atoms with van der Waals surface area (Å²) in [6.45, 7) is 0.951. The van der Waals surface area contributed by atoms with Crippen molar-refractivity contribution in [3.63, 3.8) is 0 Å². The van der Waals surface area contributed by atoms with E-state index in [4.69, 9.17) is 11.6 Å². The van der Waals surface area contributed by atoms with E-state index in [0.29, 0.717) is 10.0 Å². The van der Waals surface area contributed by atoms with Crippen molar-refractivity contribution in [3.05, 3.63) is 16.7 Å². The third-order valence-electron chi connectivity index (χ3n) is 3.57. The highest BCUT2D eigenvalue weighted by Crippen LogP contribution is 2.43. The molecule has 0 atom stereocenters. The molecule has 0 radical (unpaired) electrons. The Morgan fingerprint density at radius 3 is 3.00 bits per heavy atom. The first-order valence-corrected chi connectivity index (χ1v) is 8.40. The van der Waals surface area contributed by atoms with E-state index in [1.165, 1.54) is 19.3 Å². The summed E-state index contributed by atoms with van der Waals surface area (Å²) in [5, 5.41) is 6.87. The third kappa shape index (κ3) is 2.19. The van der Waals surface area contributed by atoms with Crippen molar-refractivity contribution in [1.82, 2.24) is 9.97 Å². The standard InChI is InChI=1S/C12H14ClN3S2/c1-17-12(4-2-5-12)7-14-9-8-3-6-18-10(8)16-11(13)15-9/h3,6H,2,4-5,7H2,1H3,(H,14,15,16). The second-order valence-corrected chi connectivity index (χ2v) is 7.08. The van der Waals surface area contributed by atoms with E-state index < -0.39 is 0 Å². The number of halogens is 1. The van der Waals surface area contributed by atoms with Crippen molar-refractivity contribution < 1.29 is 0 Å². The van der Waals surface area contributed by atoms with Crippen LogP contribution >= 0.6 is 34.7 Å². The van der Waals surface area contributed by atoms with Gasteiger partial charge in [-0.25, -0.2) is 9.97 Å². The van der Waals surface area contributed by atoms with E-state index in [2.05, 4.69) is 21.5 Å². The van der Waals surface area contributed by atoms with Crippen LogP contribution in [0.25, 0.3) is 10.2 Å². The van der Waals surface area contributed by atoms with E-state index in [1.807, 2.05) is 23.2 Å². The summed E-state index contributed by atoms with van der Waals surface area (Å²) in [6, 6.07) is 2.05. The molecule has 1 aliphatic rings. The number of nitrogens with one attached hydrogen (secondary N) is 1. The Morgan fingerprint density at radius 1 is 1.50 bits per heavy atom. The zero-order valence-electron chi connectivity index (χ0n) is 10.1. The molecule has 0 unspecified atom stereocenters. The molecular weight excluding hydrogens is 286 g/mol. The maximum absolute atomic E-state index is 5.95. The average molecular weight is 300 g/mol. The largest absolute Gasteiger partial charge is 0.368 e. The molecule has 0 aromatic carbocycles. The summed E-state index contributed by atoms with van der Waals surface area (Å²) >= 11 is 9.50. The van der Waals surface area contributed by atoms with Crippen molar-refractivity contribution in [1.29, 1.82) is 0 Å². The van der Waals surface area contributed by atoms with Crippen LogP contribution in [0, 0.1) is 0 Å². The van der Waals surface area contributed by atoms with Gasteiger partial charge in [-0.2, -0.15) is 11.8 Å². The van der Waals surface area contributed by atoms with Gasteiger partial charge in [0.25, 0.3) is 0 Å². The lowest BCUT2D eigenvalue weighted by atomic mass is 9.84. The van der Waals surface area contributed by atoms with Gasteiger partial charge in [0.2, 0.25) is 5.28 Å². The topological polar surface area (TPSA) is 37.8 Å². The second kappa shape index (κ2) is 4.87. The number of rotatable bonds is 4. The molecular formula is C12H14ClN3S2. The van der Waals surface area contributed by atoms with E-state index >= 15 is 0 Å². The molecule has 2 aromatic rings. The fourth-order valence-corrected chi connectivity index (χ4v) is 4.13. The van der Waals surface area contributed by atoms with Crippen LogP contribution in [0.4, 0.5) is 5.82 Å². The zero-order chi connectivity index (χ0) is 12.6. The van der Waals surface area contributed by atoms with Crippen LogP contribution in [0.2, 0.25) is 5.28 Å². The predicted octanol–water partition coefficient (Wildman–Crippen LogP) is 4.04. The van der Waals surface area contributed by atoms with Crippen LogP contribution in [-0.2, 0) is 0 Å². The van der Waals surface area contributed by atoms with Gasteiger partial charge in [0.1, 0.15) is 10.6 Å². The molecule has 2 aromatic heterocycles. The maximum atomic E-state index is 5.95. The molecule has 1 N–H and O–H groups in total. The highest BCUT2D eigenvalue weighted by atomic mass is 35.5. The Hall–Kier alpha value is -0.520. The van der Waals surface area contributed by atoms with E-state index in [0.717, 1.165) is 22.6 Å². The van der Waals surface area contributed by atoms with Gasteiger partial charge in [-0.05, 0) is 42.1 Å². The molecule has 0 amide bonds. The molecule has 0 spiro atoms. The lowest BCUT2D eigenvalue weighted by Gasteiger charge is -2.40. The predicted molar refractivity (Wildman–Crippen MR) is 81.0 cm³/mol. The summed E-state index contributed by atoms with van der Waals surface area (Å²) in [5.41, 5.74) is 0. The smallest absolute Gasteiger partial charge is 0.225 e. The van der Waals surface area contributed by atoms with Gasteiger partial charge in [-0.1, -0.05) is 6.42 Å². The van der Waals surface area contributed by atoms with Crippen molar-refractivity contribution in [3.8, 4) is 0 Å². The molecule has 2 heterocycles. The summed E-state index contributed by atoms with van der Waals surface area (Å²) in [6.07, 6.45) is 6.09. The van der Waals surface area contributed by atoms with Crippen LogP contribution in [0.5, 0.6) is 0 Å². The van der Waals surface area contributed by atoms with Gasteiger partial charge in [-0.15, -0.1) is 11.3 Å². The molecule has 3 nitrogen and oxygen atoms in total. The van der Waals surface area contributed by atoms with Gasteiger partial charge in [0, 0.05) is 11.3 Å². The van der Waals surface area contributed by atoms with Crippen LogP contribution in [-0.4, -0.2) is 27.5 Å². The molecule has 0 saturated heterocycles. The molecule has 96 valence electrons. The highest BCUT2D eigenvalue weighted by molar-refractivity contribution is 8.00. The maximum Gasteiger partial charge on any atom is 0.225 e. The molecule has 1 fully saturated rings. The Labute approximate surface area is 119 Å². The van der Waals surface area contributed by atoms with Gasteiger partial charge in [0.15, 0.2) is 0 Å². The second-order valence-electron chi connectivity index (χ2n) is 4.57. The summed E-state index contributed by atoms with van der Waals surface area (Å²) in [5.74, 6) is 0.867.